The molecule has 2 N–H and O–H groups in total. The summed E-state index contributed by atoms with van der Waals surface area (Å²) in [5.41, 5.74) is 5.83. The lowest BCUT2D eigenvalue weighted by atomic mass is 10.1. The molecule has 84 valence electrons. The zero-order valence-corrected chi connectivity index (χ0v) is 9.21. The molecule has 0 amide bonds. The van der Waals surface area contributed by atoms with Gasteiger partial charge >= 0.3 is 0 Å². The van der Waals surface area contributed by atoms with Gasteiger partial charge in [0.05, 0.1) is 19.3 Å². The maximum absolute atomic E-state index is 5.83. The summed E-state index contributed by atoms with van der Waals surface area (Å²) in [5, 5.41) is 0. The van der Waals surface area contributed by atoms with E-state index < -0.39 is 0 Å². The molecule has 1 fully saturated rings. The van der Waals surface area contributed by atoms with Crippen LogP contribution in [0.4, 0.5) is 0 Å². The molecule has 0 saturated carbocycles. The van der Waals surface area contributed by atoms with Crippen molar-refractivity contribution >= 4 is 0 Å². The first-order chi connectivity index (χ1) is 6.83. The standard InChI is InChI=1S/C11H23NO2/c1-2-5-10(12)8-13-9-11-6-3-4-7-14-11/h10-11H,2-9,12H2,1H3. The van der Waals surface area contributed by atoms with Crippen molar-refractivity contribution in [1.29, 1.82) is 0 Å². The Morgan fingerprint density at radius 1 is 1.50 bits per heavy atom. The fourth-order valence-corrected chi connectivity index (χ4v) is 1.74. The highest BCUT2D eigenvalue weighted by Crippen LogP contribution is 2.12. The first-order valence-corrected chi connectivity index (χ1v) is 5.78. The maximum Gasteiger partial charge on any atom is 0.0808 e. The largest absolute Gasteiger partial charge is 0.377 e. The van der Waals surface area contributed by atoms with E-state index >= 15 is 0 Å². The van der Waals surface area contributed by atoms with Crippen LogP contribution in [-0.2, 0) is 9.47 Å². The Morgan fingerprint density at radius 3 is 3.00 bits per heavy atom. The van der Waals surface area contributed by atoms with E-state index in [2.05, 4.69) is 6.92 Å². The number of rotatable bonds is 6. The molecule has 0 spiro atoms. The van der Waals surface area contributed by atoms with Crippen molar-refractivity contribution in [3.05, 3.63) is 0 Å². The predicted molar refractivity (Wildman–Crippen MR) is 57.3 cm³/mol. The molecule has 1 aliphatic rings. The summed E-state index contributed by atoms with van der Waals surface area (Å²) in [6.07, 6.45) is 6.11. The molecule has 0 aromatic heterocycles. The van der Waals surface area contributed by atoms with Crippen molar-refractivity contribution in [3.8, 4) is 0 Å². The molecular weight excluding hydrogens is 178 g/mol. The van der Waals surface area contributed by atoms with Crippen LogP contribution in [0.25, 0.3) is 0 Å². The molecule has 0 aliphatic carbocycles. The molecule has 0 bridgehead atoms. The molecule has 1 aliphatic heterocycles. The van der Waals surface area contributed by atoms with E-state index in [9.17, 15) is 0 Å². The number of hydrogen-bond acceptors (Lipinski definition) is 3. The molecule has 3 nitrogen and oxygen atoms in total. The molecule has 0 radical (unpaired) electrons. The zero-order valence-electron chi connectivity index (χ0n) is 9.21. The normalized spacial score (nSPS) is 24.9. The number of ether oxygens (including phenoxy) is 2. The second-order valence-corrected chi connectivity index (χ2v) is 4.07. The van der Waals surface area contributed by atoms with Gasteiger partial charge in [-0.05, 0) is 25.7 Å². The van der Waals surface area contributed by atoms with Gasteiger partial charge in [0.15, 0.2) is 0 Å². The lowest BCUT2D eigenvalue weighted by Gasteiger charge is -2.23. The van der Waals surface area contributed by atoms with Crippen LogP contribution in [0, 0.1) is 0 Å². The van der Waals surface area contributed by atoms with Crippen LogP contribution in [-0.4, -0.2) is 32.0 Å². The SMILES string of the molecule is CCCC(N)COCC1CCCCO1. The second kappa shape index (κ2) is 7.21. The lowest BCUT2D eigenvalue weighted by Crippen LogP contribution is -2.30. The average Bonchev–Trinajstić information content (AvgIpc) is 2.20. The fourth-order valence-electron chi connectivity index (χ4n) is 1.74. The van der Waals surface area contributed by atoms with Gasteiger partial charge in [-0.15, -0.1) is 0 Å². The van der Waals surface area contributed by atoms with Crippen LogP contribution in [0.2, 0.25) is 0 Å². The fraction of sp³-hybridized carbons (Fsp3) is 1.00. The molecular formula is C11H23NO2. The first-order valence-electron chi connectivity index (χ1n) is 5.78. The smallest absolute Gasteiger partial charge is 0.0808 e. The van der Waals surface area contributed by atoms with Gasteiger partial charge in [-0.3, -0.25) is 0 Å². The van der Waals surface area contributed by atoms with Crippen molar-refractivity contribution < 1.29 is 9.47 Å². The summed E-state index contributed by atoms with van der Waals surface area (Å²) in [6, 6.07) is 0.198. The summed E-state index contributed by atoms with van der Waals surface area (Å²) >= 11 is 0. The van der Waals surface area contributed by atoms with Gasteiger partial charge in [0, 0.05) is 12.6 Å². The molecule has 1 rings (SSSR count). The minimum atomic E-state index is 0.198. The van der Waals surface area contributed by atoms with Gasteiger partial charge < -0.3 is 15.2 Å². The van der Waals surface area contributed by atoms with E-state index in [0.717, 1.165) is 32.5 Å². The second-order valence-electron chi connectivity index (χ2n) is 4.07. The molecule has 2 unspecified atom stereocenters. The Morgan fingerprint density at radius 2 is 2.36 bits per heavy atom. The first kappa shape index (κ1) is 12.0. The van der Waals surface area contributed by atoms with Crippen LogP contribution in [0.3, 0.4) is 0 Å². The third-order valence-electron chi connectivity index (χ3n) is 2.57. The Kier molecular flexibility index (Phi) is 6.15. The maximum atomic E-state index is 5.83. The van der Waals surface area contributed by atoms with Gasteiger partial charge in [-0.25, -0.2) is 0 Å². The highest BCUT2D eigenvalue weighted by atomic mass is 16.5. The van der Waals surface area contributed by atoms with E-state index in [1.807, 2.05) is 0 Å². The zero-order chi connectivity index (χ0) is 10.2. The van der Waals surface area contributed by atoms with Gasteiger partial charge in [-0.1, -0.05) is 13.3 Å². The van der Waals surface area contributed by atoms with Crippen molar-refractivity contribution in [2.75, 3.05) is 19.8 Å². The van der Waals surface area contributed by atoms with E-state index in [1.54, 1.807) is 0 Å². The average molecular weight is 201 g/mol. The van der Waals surface area contributed by atoms with Crippen LogP contribution in [0.15, 0.2) is 0 Å². The lowest BCUT2D eigenvalue weighted by molar-refractivity contribution is -0.0429. The van der Waals surface area contributed by atoms with Crippen LogP contribution < -0.4 is 5.73 Å². The Balaban J connectivity index is 1.96. The molecule has 14 heavy (non-hydrogen) atoms. The van der Waals surface area contributed by atoms with Gasteiger partial charge in [0.2, 0.25) is 0 Å². The minimum Gasteiger partial charge on any atom is -0.377 e. The topological polar surface area (TPSA) is 44.5 Å². The molecule has 2 atom stereocenters. The Labute approximate surface area is 86.9 Å². The summed E-state index contributed by atoms with van der Waals surface area (Å²) in [6.45, 7) is 4.43. The highest BCUT2D eigenvalue weighted by molar-refractivity contribution is 4.64. The number of hydrogen-bond donors (Lipinski definition) is 1. The van der Waals surface area contributed by atoms with E-state index in [0.29, 0.717) is 12.7 Å². The van der Waals surface area contributed by atoms with Crippen molar-refractivity contribution in [3.63, 3.8) is 0 Å². The van der Waals surface area contributed by atoms with Crippen LogP contribution in [0.1, 0.15) is 39.0 Å². The molecule has 0 aromatic carbocycles. The van der Waals surface area contributed by atoms with Gasteiger partial charge in [0.1, 0.15) is 0 Å². The van der Waals surface area contributed by atoms with Crippen molar-refractivity contribution in [1.82, 2.24) is 0 Å². The minimum absolute atomic E-state index is 0.198. The van der Waals surface area contributed by atoms with Crippen molar-refractivity contribution in [2.45, 2.75) is 51.2 Å². The molecule has 3 heteroatoms. The summed E-state index contributed by atoms with van der Waals surface area (Å²) in [5.74, 6) is 0. The Bertz CT molecular complexity index is 135. The summed E-state index contributed by atoms with van der Waals surface area (Å²) in [7, 11) is 0. The van der Waals surface area contributed by atoms with Gasteiger partial charge in [-0.2, -0.15) is 0 Å². The number of nitrogens with two attached hydrogens (primary N) is 1. The van der Waals surface area contributed by atoms with E-state index in [4.69, 9.17) is 15.2 Å². The summed E-state index contributed by atoms with van der Waals surface area (Å²) < 4.78 is 11.1. The molecule has 0 aromatic rings. The highest BCUT2D eigenvalue weighted by Gasteiger charge is 2.14. The Hall–Kier alpha value is -0.120. The summed E-state index contributed by atoms with van der Waals surface area (Å²) in [4.78, 5) is 0. The van der Waals surface area contributed by atoms with E-state index in [-0.39, 0.29) is 6.04 Å². The monoisotopic (exact) mass is 201 g/mol. The van der Waals surface area contributed by atoms with Crippen LogP contribution >= 0.6 is 0 Å². The quantitative estimate of drug-likeness (QED) is 0.711. The van der Waals surface area contributed by atoms with E-state index in [1.165, 1.54) is 12.8 Å². The predicted octanol–water partition coefficient (Wildman–Crippen LogP) is 1.70. The van der Waals surface area contributed by atoms with Gasteiger partial charge in [0.25, 0.3) is 0 Å². The molecule has 1 saturated heterocycles. The molecule has 1 heterocycles. The third-order valence-corrected chi connectivity index (χ3v) is 2.57. The third kappa shape index (κ3) is 4.94. The van der Waals surface area contributed by atoms with Crippen LogP contribution in [0.5, 0.6) is 0 Å². The van der Waals surface area contributed by atoms with Crippen molar-refractivity contribution in [2.24, 2.45) is 5.73 Å².